The van der Waals surface area contributed by atoms with Gasteiger partial charge in [0, 0.05) is 25.2 Å². The number of β-amino-alcohol motifs (C(OH)–C–C–N with tert-alkyl or cyclic N) is 1. The molecule has 0 bridgehead atoms. The largest absolute Gasteiger partial charge is 0.387 e. The third-order valence-electron chi connectivity index (χ3n) is 3.40. The summed E-state index contributed by atoms with van der Waals surface area (Å²) in [6.07, 6.45) is -2.20. The van der Waals surface area contributed by atoms with Crippen LogP contribution in [0.25, 0.3) is 0 Å². The predicted octanol–water partition coefficient (Wildman–Crippen LogP) is 0.573. The maximum absolute atomic E-state index is 13.6. The van der Waals surface area contributed by atoms with Gasteiger partial charge in [-0.25, -0.2) is 8.78 Å². The molecular weight excluding hydrogens is 282 g/mol. The van der Waals surface area contributed by atoms with Crippen molar-refractivity contribution in [3.05, 3.63) is 35.4 Å². The highest BCUT2D eigenvalue weighted by Gasteiger charge is 2.30. The van der Waals surface area contributed by atoms with Gasteiger partial charge in [0.2, 0.25) is 5.91 Å². The normalized spacial score (nSPS) is 24.8. The molecule has 3 atom stereocenters. The Hall–Kier alpha value is -1.57. The van der Waals surface area contributed by atoms with E-state index < -0.39 is 29.7 Å². The van der Waals surface area contributed by atoms with Gasteiger partial charge in [-0.05, 0) is 25.1 Å². The maximum Gasteiger partial charge on any atom is 0.247 e. The van der Waals surface area contributed by atoms with E-state index >= 15 is 0 Å². The molecular formula is C14H18F2N2O3. The number of nitrogens with two attached hydrogens (primary N) is 1. The van der Waals surface area contributed by atoms with Crippen LogP contribution in [0.2, 0.25) is 0 Å². The number of primary amides is 1. The van der Waals surface area contributed by atoms with Crippen molar-refractivity contribution in [1.29, 1.82) is 0 Å². The molecule has 0 saturated carbocycles. The second-order valence-corrected chi connectivity index (χ2v) is 5.24. The van der Waals surface area contributed by atoms with Crippen LogP contribution in [0.3, 0.4) is 0 Å². The number of ether oxygens (including phenoxy) is 1. The average molecular weight is 300 g/mol. The summed E-state index contributed by atoms with van der Waals surface area (Å²) >= 11 is 0. The molecule has 1 saturated heterocycles. The minimum absolute atomic E-state index is 0.0673. The number of aliphatic hydroxyl groups is 1. The first kappa shape index (κ1) is 15.8. The molecule has 0 aliphatic carbocycles. The Morgan fingerprint density at radius 3 is 2.90 bits per heavy atom. The smallest absolute Gasteiger partial charge is 0.247 e. The second kappa shape index (κ2) is 6.46. The number of morpholine rings is 1. The molecule has 1 fully saturated rings. The van der Waals surface area contributed by atoms with Gasteiger partial charge in [-0.1, -0.05) is 0 Å². The topological polar surface area (TPSA) is 75.8 Å². The third kappa shape index (κ3) is 3.96. The molecule has 1 amide bonds. The lowest BCUT2D eigenvalue weighted by atomic mass is 10.1. The summed E-state index contributed by atoms with van der Waals surface area (Å²) in [5, 5.41) is 10.1. The van der Waals surface area contributed by atoms with Crippen molar-refractivity contribution in [2.24, 2.45) is 5.73 Å². The molecule has 2 rings (SSSR count). The van der Waals surface area contributed by atoms with Gasteiger partial charge >= 0.3 is 0 Å². The molecule has 7 heteroatoms. The van der Waals surface area contributed by atoms with E-state index in [1.807, 2.05) is 0 Å². The molecule has 0 aromatic heterocycles. The number of nitrogens with zero attached hydrogens (tertiary/aromatic N) is 1. The van der Waals surface area contributed by atoms with Crippen molar-refractivity contribution in [2.75, 3.05) is 19.6 Å². The predicted molar refractivity (Wildman–Crippen MR) is 71.3 cm³/mol. The van der Waals surface area contributed by atoms with Crippen LogP contribution in [0.1, 0.15) is 18.6 Å². The number of rotatable bonds is 4. The van der Waals surface area contributed by atoms with Gasteiger partial charge in [-0.15, -0.1) is 0 Å². The summed E-state index contributed by atoms with van der Waals surface area (Å²) in [5.41, 5.74) is 5.11. The monoisotopic (exact) mass is 300 g/mol. The van der Waals surface area contributed by atoms with Crippen molar-refractivity contribution in [2.45, 2.75) is 25.2 Å². The molecule has 1 aliphatic heterocycles. The Kier molecular flexibility index (Phi) is 4.87. The van der Waals surface area contributed by atoms with Crippen molar-refractivity contribution in [3.8, 4) is 0 Å². The third-order valence-corrected chi connectivity index (χ3v) is 3.40. The van der Waals surface area contributed by atoms with Crippen molar-refractivity contribution < 1.29 is 23.4 Å². The Labute approximate surface area is 121 Å². The van der Waals surface area contributed by atoms with Crippen LogP contribution < -0.4 is 5.73 Å². The van der Waals surface area contributed by atoms with Crippen LogP contribution in [-0.2, 0) is 9.53 Å². The number of carbonyl (C=O) groups excluding carboxylic acids is 1. The van der Waals surface area contributed by atoms with E-state index in [9.17, 15) is 18.7 Å². The quantitative estimate of drug-likeness (QED) is 0.852. The van der Waals surface area contributed by atoms with Gasteiger partial charge in [0.05, 0.1) is 12.2 Å². The highest BCUT2D eigenvalue weighted by molar-refractivity contribution is 5.79. The summed E-state index contributed by atoms with van der Waals surface area (Å²) in [5.74, 6) is -1.87. The first-order chi connectivity index (χ1) is 9.86. The number of hydrogen-bond acceptors (Lipinski definition) is 4. The van der Waals surface area contributed by atoms with Crippen LogP contribution >= 0.6 is 0 Å². The molecule has 0 spiro atoms. The van der Waals surface area contributed by atoms with E-state index in [1.165, 1.54) is 0 Å². The van der Waals surface area contributed by atoms with Gasteiger partial charge < -0.3 is 15.6 Å². The Morgan fingerprint density at radius 1 is 1.52 bits per heavy atom. The first-order valence-corrected chi connectivity index (χ1v) is 6.67. The molecule has 2 unspecified atom stereocenters. The van der Waals surface area contributed by atoms with E-state index in [0.29, 0.717) is 6.54 Å². The fraction of sp³-hybridized carbons (Fsp3) is 0.500. The fourth-order valence-electron chi connectivity index (χ4n) is 2.46. The fourth-order valence-corrected chi connectivity index (χ4v) is 2.46. The molecule has 1 aromatic rings. The van der Waals surface area contributed by atoms with Gasteiger partial charge in [-0.3, -0.25) is 9.69 Å². The van der Waals surface area contributed by atoms with E-state index in [2.05, 4.69) is 0 Å². The number of amides is 1. The lowest BCUT2D eigenvalue weighted by Gasteiger charge is -2.36. The highest BCUT2D eigenvalue weighted by Crippen LogP contribution is 2.21. The second-order valence-electron chi connectivity index (χ2n) is 5.24. The molecule has 1 aliphatic rings. The van der Waals surface area contributed by atoms with E-state index in [1.54, 1.807) is 11.8 Å². The lowest BCUT2D eigenvalue weighted by Crippen LogP contribution is -2.52. The van der Waals surface area contributed by atoms with E-state index in [4.69, 9.17) is 10.5 Å². The summed E-state index contributed by atoms with van der Waals surface area (Å²) < 4.78 is 32.1. The first-order valence-electron chi connectivity index (χ1n) is 6.67. The van der Waals surface area contributed by atoms with Crippen molar-refractivity contribution >= 4 is 5.91 Å². The standard InChI is InChI=1S/C14H18F2N2O3/c1-8-5-18(7-13(21-8)14(17)20)6-12(19)10-4-9(15)2-3-11(10)16/h2-4,8,12-13,19H,5-7H2,1H3,(H2,17,20)/t8-,12?,13?/m1/s1. The van der Waals surface area contributed by atoms with Crippen LogP contribution in [-0.4, -0.2) is 47.8 Å². The highest BCUT2D eigenvalue weighted by atomic mass is 19.1. The van der Waals surface area contributed by atoms with Crippen LogP contribution in [0.15, 0.2) is 18.2 Å². The maximum atomic E-state index is 13.6. The van der Waals surface area contributed by atoms with Crippen LogP contribution in [0, 0.1) is 11.6 Å². The zero-order chi connectivity index (χ0) is 15.6. The number of hydrogen-bond donors (Lipinski definition) is 2. The van der Waals surface area contributed by atoms with Crippen LogP contribution in [0.4, 0.5) is 8.78 Å². The number of carbonyl (C=O) groups is 1. The van der Waals surface area contributed by atoms with Gasteiger partial charge in [0.15, 0.2) is 0 Å². The number of aliphatic hydroxyl groups excluding tert-OH is 1. The summed E-state index contributed by atoms with van der Waals surface area (Å²) in [6, 6.07) is 2.93. The summed E-state index contributed by atoms with van der Waals surface area (Å²) in [7, 11) is 0. The van der Waals surface area contributed by atoms with Gasteiger partial charge in [0.1, 0.15) is 17.7 Å². The molecule has 0 radical (unpaired) electrons. The minimum atomic E-state index is -1.19. The zero-order valence-electron chi connectivity index (χ0n) is 11.6. The molecule has 1 aromatic carbocycles. The summed E-state index contributed by atoms with van der Waals surface area (Å²) in [6.45, 7) is 2.53. The molecule has 1 heterocycles. The molecule has 116 valence electrons. The number of halogens is 2. The van der Waals surface area contributed by atoms with Gasteiger partial charge in [0.25, 0.3) is 0 Å². The molecule has 21 heavy (non-hydrogen) atoms. The average Bonchev–Trinajstić information content (AvgIpc) is 2.40. The minimum Gasteiger partial charge on any atom is -0.387 e. The Morgan fingerprint density at radius 2 is 2.24 bits per heavy atom. The van der Waals surface area contributed by atoms with Crippen LogP contribution in [0.5, 0.6) is 0 Å². The van der Waals surface area contributed by atoms with Crippen molar-refractivity contribution in [3.63, 3.8) is 0 Å². The zero-order valence-corrected chi connectivity index (χ0v) is 11.6. The lowest BCUT2D eigenvalue weighted by molar-refractivity contribution is -0.143. The molecule has 3 N–H and O–H groups in total. The van der Waals surface area contributed by atoms with Gasteiger partial charge in [-0.2, -0.15) is 0 Å². The Balaban J connectivity index is 2.06. The molecule has 5 nitrogen and oxygen atoms in total. The SMILES string of the molecule is C[C@@H]1CN(CC(O)c2cc(F)ccc2F)CC(C(N)=O)O1. The summed E-state index contributed by atoms with van der Waals surface area (Å²) in [4.78, 5) is 12.9. The number of benzene rings is 1. The van der Waals surface area contributed by atoms with E-state index in [0.717, 1.165) is 18.2 Å². The van der Waals surface area contributed by atoms with Crippen molar-refractivity contribution in [1.82, 2.24) is 4.90 Å². The Bertz CT molecular complexity index is 527. The van der Waals surface area contributed by atoms with E-state index in [-0.39, 0.29) is 24.8 Å².